The van der Waals surface area contributed by atoms with E-state index >= 15 is 0 Å². The van der Waals surface area contributed by atoms with Gasteiger partial charge in [-0.3, -0.25) is 0 Å². The fourth-order valence-corrected chi connectivity index (χ4v) is 4.77. The molecule has 1 aliphatic rings. The number of nitrogens with one attached hydrogen (secondary N) is 1. The van der Waals surface area contributed by atoms with Gasteiger partial charge in [-0.15, -0.1) is 0 Å². The number of benzene rings is 2. The van der Waals surface area contributed by atoms with E-state index in [0.717, 1.165) is 25.2 Å². The Bertz CT molecular complexity index is 1220. The molecule has 0 bridgehead atoms. The van der Waals surface area contributed by atoms with Gasteiger partial charge in [-0.05, 0) is 44.7 Å². The second kappa shape index (κ2) is 10.1. The molecule has 1 saturated heterocycles. The van der Waals surface area contributed by atoms with Crippen LogP contribution in [0.5, 0.6) is 11.5 Å². The van der Waals surface area contributed by atoms with Crippen molar-refractivity contribution in [3.63, 3.8) is 0 Å². The van der Waals surface area contributed by atoms with Gasteiger partial charge in [-0.2, -0.15) is 13.2 Å². The van der Waals surface area contributed by atoms with Crippen LogP contribution in [-0.4, -0.2) is 62.4 Å². The molecule has 36 heavy (non-hydrogen) atoms. The van der Waals surface area contributed by atoms with Crippen LogP contribution in [0, 0.1) is 12.3 Å². The molecule has 194 valence electrons. The Kier molecular flexibility index (Phi) is 7.28. The van der Waals surface area contributed by atoms with E-state index in [1.807, 2.05) is 13.1 Å². The van der Waals surface area contributed by atoms with Crippen LogP contribution in [0.15, 0.2) is 36.4 Å². The molecule has 2 heterocycles. The molecule has 0 radical (unpaired) electrons. The van der Waals surface area contributed by atoms with Crippen molar-refractivity contribution in [2.45, 2.75) is 26.1 Å². The number of aryl methyl sites for hydroxylation is 1. The number of nitrogens with zero attached hydrogens (tertiary/aromatic N) is 3. The normalized spacial score (nSPS) is 16.4. The third kappa shape index (κ3) is 5.49. The number of likely N-dealkylation sites (tertiary alicyclic amines) is 1. The maximum atomic E-state index is 13.2. The van der Waals surface area contributed by atoms with Gasteiger partial charge in [0.25, 0.3) is 0 Å². The van der Waals surface area contributed by atoms with Crippen LogP contribution in [0.4, 0.5) is 19.0 Å². The van der Waals surface area contributed by atoms with E-state index in [9.17, 15) is 13.2 Å². The lowest BCUT2D eigenvalue weighted by Gasteiger charge is -2.47. The van der Waals surface area contributed by atoms with Gasteiger partial charge in [0.15, 0.2) is 11.5 Å². The van der Waals surface area contributed by atoms with Crippen molar-refractivity contribution < 1.29 is 27.4 Å². The van der Waals surface area contributed by atoms with Gasteiger partial charge in [0.05, 0.1) is 36.8 Å². The number of hydrogen-bond acceptors (Lipinski definition) is 7. The maximum absolute atomic E-state index is 13.2. The molecule has 0 spiro atoms. The van der Waals surface area contributed by atoms with E-state index in [0.29, 0.717) is 52.8 Å². The number of anilines is 1. The van der Waals surface area contributed by atoms with Gasteiger partial charge in [-0.25, -0.2) is 9.97 Å². The van der Waals surface area contributed by atoms with Crippen molar-refractivity contribution in [3.05, 3.63) is 53.3 Å². The predicted molar refractivity (Wildman–Crippen MR) is 132 cm³/mol. The van der Waals surface area contributed by atoms with Crippen LogP contribution in [-0.2, 0) is 10.9 Å². The summed E-state index contributed by atoms with van der Waals surface area (Å²) in [5.74, 6) is 2.10. The summed E-state index contributed by atoms with van der Waals surface area (Å²) in [5.41, 5.74) is 0.339. The molecule has 1 aromatic heterocycles. The first-order valence-corrected chi connectivity index (χ1v) is 11.6. The number of halogens is 3. The number of fused-ring (bicyclic) bond motifs is 1. The highest BCUT2D eigenvalue weighted by Gasteiger charge is 2.42. The maximum Gasteiger partial charge on any atom is 0.416 e. The molecule has 10 heteroatoms. The Balaban J connectivity index is 1.65. The first-order chi connectivity index (χ1) is 17.0. The number of methoxy groups -OCH3 is 2. The SMILES string of the molecule is COCC1(COc2cc3c(N[C@H](C)c4cccc(C(F)(F)F)c4)nc(C)nc3cc2OC)CN(C)C1. The smallest absolute Gasteiger partial charge is 0.416 e. The van der Waals surface area contributed by atoms with Crippen LogP contribution < -0.4 is 14.8 Å². The Morgan fingerprint density at radius 1 is 1.08 bits per heavy atom. The third-order valence-electron chi connectivity index (χ3n) is 6.36. The number of aromatic nitrogens is 2. The molecule has 0 saturated carbocycles. The minimum atomic E-state index is -4.41. The highest BCUT2D eigenvalue weighted by molar-refractivity contribution is 5.92. The van der Waals surface area contributed by atoms with Crippen LogP contribution in [0.3, 0.4) is 0 Å². The predicted octanol–water partition coefficient (Wildman–Crippen LogP) is 5.10. The lowest BCUT2D eigenvalue weighted by Crippen LogP contribution is -2.59. The average Bonchev–Trinajstić information content (AvgIpc) is 2.81. The van der Waals surface area contributed by atoms with Crippen molar-refractivity contribution in [2.24, 2.45) is 5.41 Å². The molecule has 4 rings (SSSR count). The summed E-state index contributed by atoms with van der Waals surface area (Å²) in [5, 5.41) is 3.95. The first kappa shape index (κ1) is 26.0. The number of ether oxygens (including phenoxy) is 3. The minimum Gasteiger partial charge on any atom is -0.493 e. The Morgan fingerprint density at radius 2 is 1.83 bits per heavy atom. The highest BCUT2D eigenvalue weighted by atomic mass is 19.4. The zero-order valence-corrected chi connectivity index (χ0v) is 21.1. The lowest BCUT2D eigenvalue weighted by atomic mass is 9.82. The fraction of sp³-hybridized carbons (Fsp3) is 0.462. The van der Waals surface area contributed by atoms with Crippen LogP contribution in [0.25, 0.3) is 10.9 Å². The molecule has 1 aliphatic heterocycles. The van der Waals surface area contributed by atoms with Crippen LogP contribution in [0.2, 0.25) is 0 Å². The molecule has 1 fully saturated rings. The van der Waals surface area contributed by atoms with Crippen molar-refractivity contribution >= 4 is 16.7 Å². The van der Waals surface area contributed by atoms with E-state index in [4.69, 9.17) is 14.2 Å². The second-order valence-corrected chi connectivity index (χ2v) is 9.52. The summed E-state index contributed by atoms with van der Waals surface area (Å²) in [6, 6.07) is 8.44. The van der Waals surface area contributed by atoms with Gasteiger partial charge in [0.2, 0.25) is 0 Å². The number of alkyl halides is 3. The molecular weight excluding hydrogens is 473 g/mol. The number of rotatable bonds is 9. The zero-order chi connectivity index (χ0) is 26.1. The molecule has 1 N–H and O–H groups in total. The van der Waals surface area contributed by atoms with Crippen molar-refractivity contribution in [2.75, 3.05) is 52.9 Å². The van der Waals surface area contributed by atoms with Gasteiger partial charge < -0.3 is 24.4 Å². The molecule has 7 nitrogen and oxygen atoms in total. The van der Waals surface area contributed by atoms with Crippen LogP contribution >= 0.6 is 0 Å². The average molecular weight is 505 g/mol. The van der Waals surface area contributed by atoms with Gasteiger partial charge >= 0.3 is 6.18 Å². The summed E-state index contributed by atoms with van der Waals surface area (Å²) in [4.78, 5) is 11.3. The third-order valence-corrected chi connectivity index (χ3v) is 6.36. The first-order valence-electron chi connectivity index (χ1n) is 11.6. The Hall–Kier alpha value is -3.11. The molecular formula is C26H31F3N4O3. The summed E-state index contributed by atoms with van der Waals surface area (Å²) in [6.45, 7) is 6.31. The number of hydrogen-bond donors (Lipinski definition) is 1. The van der Waals surface area contributed by atoms with Crippen molar-refractivity contribution in [1.29, 1.82) is 0 Å². The van der Waals surface area contributed by atoms with Gasteiger partial charge in [0.1, 0.15) is 11.6 Å². The summed E-state index contributed by atoms with van der Waals surface area (Å²) >= 11 is 0. The molecule has 0 amide bonds. The topological polar surface area (TPSA) is 68.7 Å². The molecule has 2 aromatic carbocycles. The Morgan fingerprint density at radius 3 is 2.47 bits per heavy atom. The monoisotopic (exact) mass is 504 g/mol. The quantitative estimate of drug-likeness (QED) is 0.435. The standard InChI is InChI=1S/C26H31F3N4O3/c1-16(18-7-6-8-19(9-18)26(27,28)29)30-24-20-10-23(22(35-5)11-21(20)31-17(2)32-24)36-15-25(14-34-4)12-33(3)13-25/h6-11,16H,12-15H2,1-5H3,(H,30,31,32)/t16-/m1/s1. The van der Waals surface area contributed by atoms with E-state index in [-0.39, 0.29) is 5.41 Å². The Labute approximate surface area is 208 Å². The molecule has 1 atom stereocenters. The fourth-order valence-electron chi connectivity index (χ4n) is 4.77. The second-order valence-electron chi connectivity index (χ2n) is 9.52. The van der Waals surface area contributed by atoms with Gasteiger partial charge in [-0.1, -0.05) is 12.1 Å². The summed E-state index contributed by atoms with van der Waals surface area (Å²) in [7, 11) is 5.30. The van der Waals surface area contributed by atoms with E-state index < -0.39 is 17.8 Å². The molecule has 3 aromatic rings. The van der Waals surface area contributed by atoms with Crippen LogP contribution in [0.1, 0.15) is 29.9 Å². The van der Waals surface area contributed by atoms with E-state index in [1.54, 1.807) is 40.2 Å². The summed E-state index contributed by atoms with van der Waals surface area (Å²) < 4.78 is 56.9. The van der Waals surface area contributed by atoms with E-state index in [1.165, 1.54) is 6.07 Å². The van der Waals surface area contributed by atoms with Crippen molar-refractivity contribution in [3.8, 4) is 11.5 Å². The van der Waals surface area contributed by atoms with E-state index in [2.05, 4.69) is 20.2 Å². The highest BCUT2D eigenvalue weighted by Crippen LogP contribution is 2.38. The zero-order valence-electron chi connectivity index (χ0n) is 21.1. The molecule has 0 aliphatic carbocycles. The summed E-state index contributed by atoms with van der Waals surface area (Å²) in [6.07, 6.45) is -4.41. The largest absolute Gasteiger partial charge is 0.493 e. The van der Waals surface area contributed by atoms with Gasteiger partial charge in [0, 0.05) is 37.7 Å². The minimum absolute atomic E-state index is 0.105. The molecule has 0 unspecified atom stereocenters. The lowest BCUT2D eigenvalue weighted by molar-refractivity contribution is -0.137. The van der Waals surface area contributed by atoms with Crippen molar-refractivity contribution in [1.82, 2.24) is 14.9 Å².